The summed E-state index contributed by atoms with van der Waals surface area (Å²) in [4.78, 5) is 32.3. The van der Waals surface area contributed by atoms with Gasteiger partial charge in [0.05, 0.1) is 9.79 Å². The SMILES string of the molecule is CCCCN1C(=O)[C@H](CC2CCCCC2)NC(=O)C12CCN(Cc1ccc(S(=O)(=O)c3ccccc3)cc1)CC2. The second kappa shape index (κ2) is 12.4. The van der Waals surface area contributed by atoms with Gasteiger partial charge in [-0.3, -0.25) is 14.5 Å². The lowest BCUT2D eigenvalue weighted by molar-refractivity contribution is -0.162. The fraction of sp³-hybridized carbons (Fsp3) is 0.562. The third-order valence-electron chi connectivity index (χ3n) is 9.21. The first-order valence-electron chi connectivity index (χ1n) is 15.1. The van der Waals surface area contributed by atoms with Crippen LogP contribution in [0.4, 0.5) is 0 Å². The predicted octanol–water partition coefficient (Wildman–Crippen LogP) is 4.95. The molecule has 2 heterocycles. The zero-order valence-electron chi connectivity index (χ0n) is 23.7. The molecule has 2 aromatic rings. The molecule has 0 aromatic heterocycles. The highest BCUT2D eigenvalue weighted by Crippen LogP contribution is 2.36. The van der Waals surface area contributed by atoms with Crippen molar-refractivity contribution >= 4 is 21.7 Å². The minimum absolute atomic E-state index is 0.0270. The maximum Gasteiger partial charge on any atom is 0.246 e. The Morgan fingerprint density at radius 3 is 2.20 bits per heavy atom. The Labute approximate surface area is 239 Å². The number of unbranched alkanes of at least 4 members (excludes halogenated alkanes) is 1. The molecular weight excluding hydrogens is 522 g/mol. The number of nitrogens with zero attached hydrogens (tertiary/aromatic N) is 2. The molecule has 7 nitrogen and oxygen atoms in total. The van der Waals surface area contributed by atoms with Crippen LogP contribution in [0, 0.1) is 5.92 Å². The standard InChI is InChI=1S/C32H43N3O4S/c1-2-3-20-35-30(36)29(23-25-10-6-4-7-11-25)33-31(37)32(35)18-21-34(22-19-32)24-26-14-16-28(17-15-26)40(38,39)27-12-8-5-9-13-27/h5,8-9,12-17,25,29H,2-4,6-7,10-11,18-24H2,1H3,(H,33,37)/t29-/m0/s1. The van der Waals surface area contributed by atoms with Crippen molar-refractivity contribution in [2.24, 2.45) is 5.92 Å². The summed E-state index contributed by atoms with van der Waals surface area (Å²) in [6.07, 6.45) is 9.94. The van der Waals surface area contributed by atoms with Gasteiger partial charge in [-0.2, -0.15) is 0 Å². The van der Waals surface area contributed by atoms with Crippen molar-refractivity contribution in [1.29, 1.82) is 0 Å². The summed E-state index contributed by atoms with van der Waals surface area (Å²) in [6, 6.07) is 15.2. The zero-order valence-corrected chi connectivity index (χ0v) is 24.5. The van der Waals surface area contributed by atoms with Crippen LogP contribution < -0.4 is 5.32 Å². The van der Waals surface area contributed by atoms with Gasteiger partial charge in [-0.1, -0.05) is 75.8 Å². The van der Waals surface area contributed by atoms with Gasteiger partial charge < -0.3 is 10.2 Å². The quantitative estimate of drug-likeness (QED) is 0.465. The summed E-state index contributed by atoms with van der Waals surface area (Å²) in [6.45, 7) is 4.86. The molecule has 2 saturated heterocycles. The Bertz CT molecular complexity index is 1260. The first-order chi connectivity index (χ1) is 19.3. The summed E-state index contributed by atoms with van der Waals surface area (Å²) < 4.78 is 25.8. The summed E-state index contributed by atoms with van der Waals surface area (Å²) in [5, 5.41) is 3.17. The molecule has 8 heteroatoms. The van der Waals surface area contributed by atoms with Gasteiger partial charge in [0, 0.05) is 26.2 Å². The molecule has 3 fully saturated rings. The Kier molecular flexibility index (Phi) is 8.95. The highest BCUT2D eigenvalue weighted by atomic mass is 32.2. The number of carbonyl (C=O) groups excluding carboxylic acids is 2. The van der Waals surface area contributed by atoms with E-state index in [9.17, 15) is 18.0 Å². The van der Waals surface area contributed by atoms with Crippen molar-refractivity contribution in [3.63, 3.8) is 0 Å². The van der Waals surface area contributed by atoms with E-state index < -0.39 is 15.4 Å². The first-order valence-corrected chi connectivity index (χ1v) is 16.6. The van der Waals surface area contributed by atoms with Crippen LogP contribution in [0.2, 0.25) is 0 Å². The van der Waals surface area contributed by atoms with E-state index in [1.807, 2.05) is 17.0 Å². The molecule has 0 bridgehead atoms. The van der Waals surface area contributed by atoms with E-state index in [1.54, 1.807) is 42.5 Å². The first kappa shape index (κ1) is 28.8. The van der Waals surface area contributed by atoms with Gasteiger partial charge in [0.2, 0.25) is 21.7 Å². The van der Waals surface area contributed by atoms with Gasteiger partial charge in [-0.15, -0.1) is 0 Å². The average molecular weight is 566 g/mol. The molecule has 216 valence electrons. The van der Waals surface area contributed by atoms with Crippen LogP contribution >= 0.6 is 0 Å². The number of sulfone groups is 1. The lowest BCUT2D eigenvalue weighted by Gasteiger charge is -2.52. The highest BCUT2D eigenvalue weighted by Gasteiger charge is 2.53. The summed E-state index contributed by atoms with van der Waals surface area (Å²) in [5.74, 6) is 0.669. The topological polar surface area (TPSA) is 86.8 Å². The van der Waals surface area contributed by atoms with E-state index in [0.717, 1.165) is 37.7 Å². The minimum Gasteiger partial charge on any atom is -0.342 e. The van der Waals surface area contributed by atoms with Crippen LogP contribution in [0.5, 0.6) is 0 Å². The van der Waals surface area contributed by atoms with Gasteiger partial charge in [0.15, 0.2) is 0 Å². The molecule has 0 unspecified atom stereocenters. The molecule has 1 spiro atoms. The molecule has 1 saturated carbocycles. The second-order valence-corrected chi connectivity index (χ2v) is 13.8. The number of hydrogen-bond donors (Lipinski definition) is 1. The number of piperidine rings is 1. The van der Waals surface area contributed by atoms with Gasteiger partial charge >= 0.3 is 0 Å². The Morgan fingerprint density at radius 2 is 1.55 bits per heavy atom. The molecule has 1 atom stereocenters. The van der Waals surface area contributed by atoms with E-state index >= 15 is 0 Å². The Balaban J connectivity index is 1.23. The number of carbonyl (C=O) groups is 2. The van der Waals surface area contributed by atoms with E-state index in [-0.39, 0.29) is 27.6 Å². The summed E-state index contributed by atoms with van der Waals surface area (Å²) in [7, 11) is -3.54. The normalized spacial score (nSPS) is 22.4. The molecule has 2 amide bonds. The number of amides is 2. The number of benzene rings is 2. The van der Waals surface area contributed by atoms with E-state index in [2.05, 4.69) is 17.1 Å². The fourth-order valence-corrected chi connectivity index (χ4v) is 8.06. The smallest absolute Gasteiger partial charge is 0.246 e. The molecule has 3 aliphatic rings. The fourth-order valence-electron chi connectivity index (χ4n) is 6.78. The highest BCUT2D eigenvalue weighted by molar-refractivity contribution is 7.91. The second-order valence-electron chi connectivity index (χ2n) is 11.9. The van der Waals surface area contributed by atoms with Gasteiger partial charge in [-0.05, 0) is 61.4 Å². The lowest BCUT2D eigenvalue weighted by atomic mass is 9.79. The van der Waals surface area contributed by atoms with Gasteiger partial charge in [0.1, 0.15) is 11.6 Å². The van der Waals surface area contributed by atoms with Crippen molar-refractivity contribution in [1.82, 2.24) is 15.1 Å². The maximum absolute atomic E-state index is 13.8. The van der Waals surface area contributed by atoms with Crippen molar-refractivity contribution in [3.05, 3.63) is 60.2 Å². The Hall–Kier alpha value is -2.71. The number of piperazine rings is 1. The van der Waals surface area contributed by atoms with Crippen LogP contribution in [0.3, 0.4) is 0 Å². The average Bonchev–Trinajstić information content (AvgIpc) is 2.98. The van der Waals surface area contributed by atoms with Crippen LogP contribution in [-0.4, -0.2) is 61.2 Å². The minimum atomic E-state index is -3.54. The monoisotopic (exact) mass is 565 g/mol. The summed E-state index contributed by atoms with van der Waals surface area (Å²) >= 11 is 0. The van der Waals surface area contributed by atoms with Gasteiger partial charge in [0.25, 0.3) is 0 Å². The van der Waals surface area contributed by atoms with Crippen molar-refractivity contribution < 1.29 is 18.0 Å². The van der Waals surface area contributed by atoms with Gasteiger partial charge in [-0.25, -0.2) is 8.42 Å². The number of hydrogen-bond acceptors (Lipinski definition) is 5. The third-order valence-corrected chi connectivity index (χ3v) is 11.0. The molecule has 1 N–H and O–H groups in total. The molecule has 40 heavy (non-hydrogen) atoms. The molecular formula is C32H43N3O4S. The van der Waals surface area contributed by atoms with Crippen LogP contribution in [0.25, 0.3) is 0 Å². The largest absolute Gasteiger partial charge is 0.342 e. The molecule has 5 rings (SSSR count). The van der Waals surface area contributed by atoms with Crippen molar-refractivity contribution in [3.8, 4) is 0 Å². The van der Waals surface area contributed by atoms with E-state index in [1.165, 1.54) is 19.3 Å². The van der Waals surface area contributed by atoms with Crippen LogP contribution in [0.15, 0.2) is 64.4 Å². The maximum atomic E-state index is 13.8. The zero-order chi connectivity index (χ0) is 28.2. The Morgan fingerprint density at radius 1 is 0.900 bits per heavy atom. The molecule has 2 aliphatic heterocycles. The molecule has 2 aromatic carbocycles. The number of likely N-dealkylation sites (tertiary alicyclic amines) is 1. The molecule has 1 aliphatic carbocycles. The molecule has 0 radical (unpaired) electrons. The summed E-state index contributed by atoms with van der Waals surface area (Å²) in [5.41, 5.74) is 0.266. The predicted molar refractivity (Wildman–Crippen MR) is 155 cm³/mol. The van der Waals surface area contributed by atoms with Crippen LogP contribution in [0.1, 0.15) is 76.7 Å². The van der Waals surface area contributed by atoms with E-state index in [0.29, 0.717) is 44.9 Å². The van der Waals surface area contributed by atoms with Crippen LogP contribution in [-0.2, 0) is 26.0 Å². The third kappa shape index (κ3) is 5.98. The lowest BCUT2D eigenvalue weighted by Crippen LogP contribution is -2.73. The number of rotatable bonds is 9. The van der Waals surface area contributed by atoms with Crippen molar-refractivity contribution in [2.45, 2.75) is 99.0 Å². The number of nitrogens with one attached hydrogen (secondary N) is 1. The van der Waals surface area contributed by atoms with Crippen molar-refractivity contribution in [2.75, 3.05) is 19.6 Å². The van der Waals surface area contributed by atoms with E-state index in [4.69, 9.17) is 0 Å².